The van der Waals surface area contributed by atoms with Gasteiger partial charge in [-0.25, -0.2) is 4.79 Å². The molecule has 0 aliphatic heterocycles. The third-order valence-corrected chi connectivity index (χ3v) is 5.53. The Kier molecular flexibility index (Phi) is 4.24. The second-order valence-corrected chi connectivity index (χ2v) is 6.70. The number of benzene rings is 1. The summed E-state index contributed by atoms with van der Waals surface area (Å²) in [5.74, 6) is -0.861. The molecule has 120 valence electrons. The number of rotatable bonds is 6. The molecule has 2 unspecified atom stereocenters. The minimum atomic E-state index is -0.861. The van der Waals surface area contributed by atoms with Crippen LogP contribution < -0.4 is 0 Å². The molecule has 1 aromatic rings. The van der Waals surface area contributed by atoms with Gasteiger partial charge >= 0.3 is 5.97 Å². The first kappa shape index (κ1) is 15.5. The molecule has 2 saturated carbocycles. The van der Waals surface area contributed by atoms with Crippen LogP contribution in [0.5, 0.6) is 0 Å². The van der Waals surface area contributed by atoms with E-state index in [2.05, 4.69) is 18.9 Å². The van der Waals surface area contributed by atoms with Crippen LogP contribution in [0, 0.1) is 5.41 Å². The number of hydrogen-bond acceptors (Lipinski definition) is 3. The van der Waals surface area contributed by atoms with Gasteiger partial charge in [0.2, 0.25) is 0 Å². The zero-order valence-corrected chi connectivity index (χ0v) is 13.4. The molecular formula is C18H25NO3. The number of aromatic carboxylic acids is 1. The maximum Gasteiger partial charge on any atom is 0.335 e. The second-order valence-electron chi connectivity index (χ2n) is 6.70. The van der Waals surface area contributed by atoms with Gasteiger partial charge in [-0.1, -0.05) is 18.6 Å². The number of carbonyl (C=O) groups is 1. The van der Waals surface area contributed by atoms with Crippen LogP contribution in [-0.4, -0.2) is 41.8 Å². The number of hydrogen-bond donors (Lipinski definition) is 1. The monoisotopic (exact) mass is 303 g/mol. The van der Waals surface area contributed by atoms with E-state index in [0.29, 0.717) is 23.1 Å². The fraction of sp³-hybridized carbons (Fsp3) is 0.611. The van der Waals surface area contributed by atoms with Gasteiger partial charge in [-0.3, -0.25) is 4.90 Å². The van der Waals surface area contributed by atoms with Gasteiger partial charge in [0.1, 0.15) is 0 Å². The molecular weight excluding hydrogens is 278 g/mol. The van der Waals surface area contributed by atoms with Crippen molar-refractivity contribution in [3.05, 3.63) is 35.4 Å². The summed E-state index contributed by atoms with van der Waals surface area (Å²) >= 11 is 0. The zero-order chi connectivity index (χ0) is 15.7. The lowest BCUT2D eigenvalue weighted by atomic mass is 9.50. The summed E-state index contributed by atoms with van der Waals surface area (Å²) < 4.78 is 5.91. The Morgan fingerprint density at radius 1 is 1.45 bits per heavy atom. The van der Waals surface area contributed by atoms with E-state index in [9.17, 15) is 4.79 Å². The molecule has 4 nitrogen and oxygen atoms in total. The highest BCUT2D eigenvalue weighted by Crippen LogP contribution is 2.59. The minimum absolute atomic E-state index is 0.356. The highest BCUT2D eigenvalue weighted by molar-refractivity contribution is 5.87. The molecule has 4 heteroatoms. The standard InChI is InChI=1S/C18H25NO3/c1-3-22-16-11-15(18(16)8-5-9-18)19(2)12-13-6-4-7-14(10-13)17(20)21/h4,6-7,10,15-16H,3,5,8-9,11-12H2,1-2H3,(H,20,21). The van der Waals surface area contributed by atoms with E-state index in [1.54, 1.807) is 12.1 Å². The molecule has 2 fully saturated rings. The lowest BCUT2D eigenvalue weighted by molar-refractivity contribution is -0.201. The van der Waals surface area contributed by atoms with Crippen molar-refractivity contribution >= 4 is 5.97 Å². The maximum absolute atomic E-state index is 11.1. The summed E-state index contributed by atoms with van der Waals surface area (Å²) in [5.41, 5.74) is 1.79. The third kappa shape index (κ3) is 2.55. The molecule has 0 amide bonds. The van der Waals surface area contributed by atoms with Gasteiger partial charge in [0, 0.05) is 24.6 Å². The van der Waals surface area contributed by atoms with Crippen LogP contribution >= 0.6 is 0 Å². The van der Waals surface area contributed by atoms with E-state index in [4.69, 9.17) is 9.84 Å². The van der Waals surface area contributed by atoms with Gasteiger partial charge in [0.25, 0.3) is 0 Å². The van der Waals surface area contributed by atoms with Crippen molar-refractivity contribution in [2.24, 2.45) is 5.41 Å². The molecule has 0 aromatic heterocycles. The van der Waals surface area contributed by atoms with Gasteiger partial charge in [-0.15, -0.1) is 0 Å². The van der Waals surface area contributed by atoms with Gasteiger partial charge in [-0.2, -0.15) is 0 Å². The highest BCUT2D eigenvalue weighted by atomic mass is 16.5. The van der Waals surface area contributed by atoms with E-state index in [1.807, 2.05) is 12.1 Å². The highest BCUT2D eigenvalue weighted by Gasteiger charge is 2.59. The lowest BCUT2D eigenvalue weighted by Gasteiger charge is -2.63. The summed E-state index contributed by atoms with van der Waals surface area (Å²) in [6.45, 7) is 3.66. The molecule has 0 radical (unpaired) electrons. The van der Waals surface area contributed by atoms with Crippen molar-refractivity contribution in [1.82, 2.24) is 4.90 Å². The van der Waals surface area contributed by atoms with Crippen LogP contribution in [0.25, 0.3) is 0 Å². The van der Waals surface area contributed by atoms with Crippen LogP contribution in [-0.2, 0) is 11.3 Å². The summed E-state index contributed by atoms with van der Waals surface area (Å²) in [6.07, 6.45) is 5.36. The molecule has 3 rings (SSSR count). The minimum Gasteiger partial charge on any atom is -0.478 e. The Bertz CT molecular complexity index is 553. The fourth-order valence-electron chi connectivity index (χ4n) is 4.22. The average molecular weight is 303 g/mol. The first-order valence-corrected chi connectivity index (χ1v) is 8.21. The Morgan fingerprint density at radius 2 is 2.23 bits per heavy atom. The van der Waals surface area contributed by atoms with Crippen LogP contribution in [0.3, 0.4) is 0 Å². The largest absolute Gasteiger partial charge is 0.478 e. The summed E-state index contributed by atoms with van der Waals surface area (Å²) in [7, 11) is 2.15. The Hall–Kier alpha value is -1.39. The summed E-state index contributed by atoms with van der Waals surface area (Å²) in [4.78, 5) is 13.5. The number of carboxylic acids is 1. The van der Waals surface area contributed by atoms with Gasteiger partial charge in [-0.05, 0) is 50.9 Å². The van der Waals surface area contributed by atoms with Crippen molar-refractivity contribution in [2.75, 3.05) is 13.7 Å². The molecule has 0 bridgehead atoms. The molecule has 0 heterocycles. The fourth-order valence-corrected chi connectivity index (χ4v) is 4.22. The predicted molar refractivity (Wildman–Crippen MR) is 85.0 cm³/mol. The molecule has 2 atom stereocenters. The Labute approximate surface area is 132 Å². The van der Waals surface area contributed by atoms with Gasteiger partial charge in [0.05, 0.1) is 11.7 Å². The predicted octanol–water partition coefficient (Wildman–Crippen LogP) is 3.16. The van der Waals surface area contributed by atoms with E-state index in [-0.39, 0.29) is 0 Å². The SMILES string of the molecule is CCOC1CC(N(C)Cc2cccc(C(=O)O)c2)C12CCC2. The average Bonchev–Trinajstić information content (AvgIpc) is 2.41. The Morgan fingerprint density at radius 3 is 2.82 bits per heavy atom. The van der Waals surface area contributed by atoms with Crippen LogP contribution in [0.15, 0.2) is 24.3 Å². The first-order valence-electron chi connectivity index (χ1n) is 8.21. The summed E-state index contributed by atoms with van der Waals surface area (Å²) in [6, 6.07) is 7.83. The van der Waals surface area contributed by atoms with E-state index in [1.165, 1.54) is 19.3 Å². The van der Waals surface area contributed by atoms with Crippen molar-refractivity contribution in [1.29, 1.82) is 0 Å². The molecule has 1 N–H and O–H groups in total. The molecule has 22 heavy (non-hydrogen) atoms. The second kappa shape index (κ2) is 6.01. The smallest absolute Gasteiger partial charge is 0.335 e. The maximum atomic E-state index is 11.1. The zero-order valence-electron chi connectivity index (χ0n) is 13.4. The van der Waals surface area contributed by atoms with E-state index >= 15 is 0 Å². The number of nitrogens with zero attached hydrogens (tertiary/aromatic N) is 1. The molecule has 0 saturated heterocycles. The molecule has 2 aliphatic carbocycles. The van der Waals surface area contributed by atoms with Crippen molar-refractivity contribution in [2.45, 2.75) is 51.3 Å². The van der Waals surface area contributed by atoms with Crippen LogP contribution in [0.4, 0.5) is 0 Å². The van der Waals surface area contributed by atoms with Crippen LogP contribution in [0.1, 0.15) is 48.5 Å². The lowest BCUT2D eigenvalue weighted by Crippen LogP contribution is -2.66. The van der Waals surface area contributed by atoms with Crippen molar-refractivity contribution in [3.63, 3.8) is 0 Å². The number of carboxylic acid groups (broad SMARTS) is 1. The summed E-state index contributed by atoms with van der Waals surface area (Å²) in [5, 5.41) is 9.10. The van der Waals surface area contributed by atoms with Gasteiger partial charge < -0.3 is 9.84 Å². The number of ether oxygens (including phenoxy) is 1. The van der Waals surface area contributed by atoms with Crippen LogP contribution in [0.2, 0.25) is 0 Å². The topological polar surface area (TPSA) is 49.8 Å². The molecule has 1 spiro atoms. The molecule has 2 aliphatic rings. The van der Waals surface area contributed by atoms with Crippen molar-refractivity contribution in [3.8, 4) is 0 Å². The first-order chi connectivity index (χ1) is 10.6. The normalized spacial score (nSPS) is 25.8. The van der Waals surface area contributed by atoms with E-state index in [0.717, 1.165) is 25.1 Å². The third-order valence-electron chi connectivity index (χ3n) is 5.53. The quantitative estimate of drug-likeness (QED) is 0.877. The van der Waals surface area contributed by atoms with Crippen molar-refractivity contribution < 1.29 is 14.6 Å². The molecule has 1 aromatic carbocycles. The van der Waals surface area contributed by atoms with Gasteiger partial charge in [0.15, 0.2) is 0 Å². The van der Waals surface area contributed by atoms with E-state index < -0.39 is 5.97 Å². The Balaban J connectivity index is 1.66.